The molecule has 9 heteroatoms. The summed E-state index contributed by atoms with van der Waals surface area (Å²) in [4.78, 5) is 37.1. The highest BCUT2D eigenvalue weighted by Crippen LogP contribution is 2.36. The number of hydrogen-bond donors (Lipinski definition) is 1. The molecule has 194 valence electrons. The first-order chi connectivity index (χ1) is 18.6. The van der Waals surface area contributed by atoms with E-state index < -0.39 is 11.9 Å². The number of halogens is 1. The molecule has 0 radical (unpaired) electrons. The zero-order valence-corrected chi connectivity index (χ0v) is 20.6. The molecular formula is C29H27FN4O4. The van der Waals surface area contributed by atoms with Crippen LogP contribution in [0.2, 0.25) is 0 Å². The smallest absolute Gasteiger partial charge is 0.277 e. The van der Waals surface area contributed by atoms with Crippen molar-refractivity contribution < 1.29 is 23.1 Å². The van der Waals surface area contributed by atoms with E-state index in [2.05, 4.69) is 15.3 Å². The monoisotopic (exact) mass is 514 g/mol. The summed E-state index contributed by atoms with van der Waals surface area (Å²) in [6, 6.07) is 18.0. The predicted octanol–water partition coefficient (Wildman–Crippen LogP) is 4.36. The summed E-state index contributed by atoms with van der Waals surface area (Å²) in [5.74, 6) is -0.359. The minimum Gasteiger partial charge on any atom is -0.490 e. The van der Waals surface area contributed by atoms with Crippen LogP contribution in [0.4, 0.5) is 4.39 Å². The normalized spacial score (nSPS) is 17.2. The Balaban J connectivity index is 1.37. The van der Waals surface area contributed by atoms with Crippen LogP contribution in [0.15, 0.2) is 96.2 Å². The lowest BCUT2D eigenvalue weighted by Crippen LogP contribution is -2.55. The maximum atomic E-state index is 13.7. The number of nitrogens with one attached hydrogen (secondary N) is 1. The molecule has 1 unspecified atom stereocenters. The molecule has 0 saturated heterocycles. The number of para-hydroxylation sites is 1. The van der Waals surface area contributed by atoms with Gasteiger partial charge in [0.05, 0.1) is 0 Å². The molecule has 0 spiro atoms. The largest absolute Gasteiger partial charge is 0.490 e. The molecule has 2 amide bonds. The van der Waals surface area contributed by atoms with Crippen molar-refractivity contribution in [3.63, 3.8) is 0 Å². The number of oxazole rings is 1. The molecule has 1 aliphatic rings. The molecule has 1 aliphatic carbocycles. The molecule has 2 aromatic heterocycles. The van der Waals surface area contributed by atoms with Crippen molar-refractivity contribution in [2.24, 2.45) is 0 Å². The highest BCUT2D eigenvalue weighted by Gasteiger charge is 2.44. The van der Waals surface area contributed by atoms with E-state index in [9.17, 15) is 14.0 Å². The molecule has 2 heterocycles. The fraction of sp³-hybridized carbons (Fsp3) is 0.241. The first-order valence-corrected chi connectivity index (χ1v) is 12.4. The highest BCUT2D eigenvalue weighted by atomic mass is 19.1. The Kier molecular flexibility index (Phi) is 7.73. The number of pyridine rings is 1. The fourth-order valence-corrected chi connectivity index (χ4v) is 4.59. The van der Waals surface area contributed by atoms with Crippen molar-refractivity contribution >= 4 is 11.8 Å². The van der Waals surface area contributed by atoms with Gasteiger partial charge in [-0.2, -0.15) is 0 Å². The Morgan fingerprint density at radius 3 is 2.66 bits per heavy atom. The molecule has 0 bridgehead atoms. The van der Waals surface area contributed by atoms with Crippen molar-refractivity contribution in [1.29, 1.82) is 0 Å². The van der Waals surface area contributed by atoms with E-state index in [1.54, 1.807) is 41.6 Å². The molecular weight excluding hydrogens is 487 g/mol. The van der Waals surface area contributed by atoms with Gasteiger partial charge in [0.15, 0.2) is 12.1 Å². The number of carbonyl (C=O) groups excluding carboxylic acids is 2. The van der Waals surface area contributed by atoms with Gasteiger partial charge in [0.25, 0.3) is 5.91 Å². The van der Waals surface area contributed by atoms with Gasteiger partial charge in [-0.3, -0.25) is 14.6 Å². The molecule has 5 rings (SSSR count). The standard InChI is InChI=1S/C29H27FN4O4/c30-22-8-4-6-20(14-22)11-13-32-28(35)27(21-7-5-12-31-17-21)34(29(36)26-18-37-19-33-26)23-15-25(16-23)38-24-9-2-1-3-10-24/h1-10,12,14,17-19,23,25,27H,11,13,15-16H2,(H,32,35). The minimum atomic E-state index is -0.955. The number of amides is 2. The van der Waals surface area contributed by atoms with Crippen LogP contribution in [0.5, 0.6) is 5.75 Å². The predicted molar refractivity (Wildman–Crippen MR) is 137 cm³/mol. The Morgan fingerprint density at radius 2 is 1.95 bits per heavy atom. The number of benzene rings is 2. The molecule has 0 aliphatic heterocycles. The first-order valence-electron chi connectivity index (χ1n) is 12.4. The molecule has 38 heavy (non-hydrogen) atoms. The fourth-order valence-electron chi connectivity index (χ4n) is 4.59. The van der Waals surface area contributed by atoms with Crippen molar-refractivity contribution in [3.8, 4) is 5.75 Å². The Morgan fingerprint density at radius 1 is 1.11 bits per heavy atom. The summed E-state index contributed by atoms with van der Waals surface area (Å²) in [5, 5.41) is 2.93. The van der Waals surface area contributed by atoms with E-state index in [1.165, 1.54) is 24.8 Å². The van der Waals surface area contributed by atoms with Gasteiger partial charge in [0.1, 0.15) is 30.0 Å². The molecule has 1 fully saturated rings. The topological polar surface area (TPSA) is 97.6 Å². The Bertz CT molecular complexity index is 1350. The quantitative estimate of drug-likeness (QED) is 0.338. The Labute approximate surface area is 219 Å². The molecule has 1 saturated carbocycles. The summed E-state index contributed by atoms with van der Waals surface area (Å²) in [5.41, 5.74) is 1.44. The average molecular weight is 515 g/mol. The second-order valence-electron chi connectivity index (χ2n) is 9.12. The molecule has 8 nitrogen and oxygen atoms in total. The number of ether oxygens (including phenoxy) is 1. The van der Waals surface area contributed by atoms with E-state index in [0.717, 1.165) is 11.3 Å². The molecule has 4 aromatic rings. The van der Waals surface area contributed by atoms with E-state index in [0.29, 0.717) is 24.8 Å². The second kappa shape index (κ2) is 11.7. The van der Waals surface area contributed by atoms with Crippen LogP contribution < -0.4 is 10.1 Å². The lowest BCUT2D eigenvalue weighted by molar-refractivity contribution is -0.128. The van der Waals surface area contributed by atoms with Gasteiger partial charge in [0, 0.05) is 43.4 Å². The number of carbonyl (C=O) groups is 2. The zero-order chi connectivity index (χ0) is 26.3. The van der Waals surface area contributed by atoms with Gasteiger partial charge >= 0.3 is 0 Å². The van der Waals surface area contributed by atoms with Gasteiger partial charge in [0.2, 0.25) is 5.91 Å². The van der Waals surface area contributed by atoms with E-state index in [4.69, 9.17) is 9.15 Å². The van der Waals surface area contributed by atoms with Crippen LogP contribution in [0, 0.1) is 5.82 Å². The number of aromatic nitrogens is 2. The van der Waals surface area contributed by atoms with Crippen LogP contribution in [-0.4, -0.2) is 45.4 Å². The van der Waals surface area contributed by atoms with E-state index in [-0.39, 0.29) is 36.1 Å². The van der Waals surface area contributed by atoms with Gasteiger partial charge in [-0.25, -0.2) is 9.37 Å². The van der Waals surface area contributed by atoms with Crippen LogP contribution in [-0.2, 0) is 11.2 Å². The van der Waals surface area contributed by atoms with Crippen LogP contribution in [0.1, 0.15) is 40.5 Å². The van der Waals surface area contributed by atoms with Crippen molar-refractivity contribution in [2.75, 3.05) is 6.54 Å². The van der Waals surface area contributed by atoms with Gasteiger partial charge in [-0.05, 0) is 42.3 Å². The lowest BCUT2D eigenvalue weighted by atomic mass is 9.85. The van der Waals surface area contributed by atoms with Crippen molar-refractivity contribution in [3.05, 3.63) is 114 Å². The Hall–Kier alpha value is -4.53. The summed E-state index contributed by atoms with van der Waals surface area (Å²) in [7, 11) is 0. The SMILES string of the molecule is O=C(NCCc1cccc(F)c1)C(c1cccnc1)N(C(=O)c1cocn1)C1CC(Oc2ccccc2)C1. The third kappa shape index (κ3) is 5.88. The summed E-state index contributed by atoms with van der Waals surface area (Å²) in [6.07, 6.45) is 7.09. The lowest BCUT2D eigenvalue weighted by Gasteiger charge is -2.45. The maximum absolute atomic E-state index is 13.7. The number of rotatable bonds is 10. The third-order valence-corrected chi connectivity index (χ3v) is 6.52. The second-order valence-corrected chi connectivity index (χ2v) is 9.12. The van der Waals surface area contributed by atoms with Crippen molar-refractivity contribution in [2.45, 2.75) is 37.5 Å². The number of nitrogens with zero attached hydrogens (tertiary/aromatic N) is 3. The van der Waals surface area contributed by atoms with E-state index in [1.807, 2.05) is 30.3 Å². The molecule has 1 N–H and O–H groups in total. The molecule has 2 aromatic carbocycles. The molecule has 1 atom stereocenters. The minimum absolute atomic E-state index is 0.0967. The van der Waals surface area contributed by atoms with Crippen LogP contribution in [0.3, 0.4) is 0 Å². The third-order valence-electron chi connectivity index (χ3n) is 6.52. The summed E-state index contributed by atoms with van der Waals surface area (Å²) < 4.78 is 24.7. The number of hydrogen-bond acceptors (Lipinski definition) is 6. The van der Waals surface area contributed by atoms with E-state index >= 15 is 0 Å². The van der Waals surface area contributed by atoms with Crippen LogP contribution in [0.25, 0.3) is 0 Å². The maximum Gasteiger partial charge on any atom is 0.277 e. The van der Waals surface area contributed by atoms with Crippen LogP contribution >= 0.6 is 0 Å². The summed E-state index contributed by atoms with van der Waals surface area (Å²) in [6.45, 7) is 0.273. The van der Waals surface area contributed by atoms with Gasteiger partial charge in [-0.1, -0.05) is 36.4 Å². The first kappa shape index (κ1) is 25.1. The average Bonchev–Trinajstić information content (AvgIpc) is 3.45. The summed E-state index contributed by atoms with van der Waals surface area (Å²) >= 11 is 0. The van der Waals surface area contributed by atoms with Gasteiger partial charge < -0.3 is 19.4 Å². The highest BCUT2D eigenvalue weighted by molar-refractivity contribution is 5.96. The van der Waals surface area contributed by atoms with Crippen molar-refractivity contribution in [1.82, 2.24) is 20.2 Å². The zero-order valence-electron chi connectivity index (χ0n) is 20.6. The van der Waals surface area contributed by atoms with Gasteiger partial charge in [-0.15, -0.1) is 0 Å².